The lowest BCUT2D eigenvalue weighted by atomic mass is 10.1. The zero-order valence-electron chi connectivity index (χ0n) is 4.09. The van der Waals surface area contributed by atoms with Crippen molar-refractivity contribution in [1.29, 1.82) is 0 Å². The molecule has 1 fully saturated rings. The molecule has 36 valence electrons. The van der Waals surface area contributed by atoms with Crippen LogP contribution in [0.5, 0.6) is 0 Å². The summed E-state index contributed by atoms with van der Waals surface area (Å²) in [5.41, 5.74) is 1.20. The Labute approximate surface area is 44.4 Å². The van der Waals surface area contributed by atoms with Gasteiger partial charge in [0.15, 0.2) is 0 Å². The molecule has 1 atom stereocenters. The molecule has 2 radical (unpaired) electrons. The SMILES string of the molecule is [B]/C=C1/CC1CO. The zero-order valence-corrected chi connectivity index (χ0v) is 4.09. The second-order valence-corrected chi connectivity index (χ2v) is 1.83. The summed E-state index contributed by atoms with van der Waals surface area (Å²) in [6, 6.07) is 0. The van der Waals surface area contributed by atoms with Crippen LogP contribution >= 0.6 is 0 Å². The summed E-state index contributed by atoms with van der Waals surface area (Å²) < 4.78 is 0. The van der Waals surface area contributed by atoms with Crippen LogP contribution in [0, 0.1) is 5.92 Å². The lowest BCUT2D eigenvalue weighted by Crippen LogP contribution is -1.80. The van der Waals surface area contributed by atoms with Gasteiger partial charge in [-0.1, -0.05) is 5.57 Å². The Morgan fingerprint density at radius 2 is 2.71 bits per heavy atom. The first-order valence-electron chi connectivity index (χ1n) is 2.40. The van der Waals surface area contributed by atoms with Crippen LogP contribution < -0.4 is 0 Å². The van der Waals surface area contributed by atoms with Gasteiger partial charge in [-0.3, -0.25) is 0 Å². The number of hydrogen-bond donors (Lipinski definition) is 1. The normalized spacial score (nSPS) is 33.9. The number of aliphatic hydroxyl groups excluding tert-OH is 1. The van der Waals surface area contributed by atoms with Crippen molar-refractivity contribution in [3.63, 3.8) is 0 Å². The molecule has 1 aliphatic rings. The van der Waals surface area contributed by atoms with Gasteiger partial charge in [0.1, 0.15) is 7.85 Å². The summed E-state index contributed by atoms with van der Waals surface area (Å²) in [6.07, 6.45) is 1.01. The van der Waals surface area contributed by atoms with Gasteiger partial charge in [0.25, 0.3) is 0 Å². The highest BCUT2D eigenvalue weighted by Gasteiger charge is 2.26. The van der Waals surface area contributed by atoms with Gasteiger partial charge in [-0.15, -0.1) is 5.98 Å². The topological polar surface area (TPSA) is 20.2 Å². The molecule has 0 heterocycles. The second-order valence-electron chi connectivity index (χ2n) is 1.83. The predicted molar refractivity (Wildman–Crippen MR) is 29.0 cm³/mol. The highest BCUT2D eigenvalue weighted by molar-refractivity contribution is 6.17. The largest absolute Gasteiger partial charge is 0.396 e. The molecular formula is C5H7BO. The highest BCUT2D eigenvalue weighted by Crippen LogP contribution is 2.35. The van der Waals surface area contributed by atoms with E-state index in [2.05, 4.69) is 0 Å². The summed E-state index contributed by atoms with van der Waals surface area (Å²) in [7, 11) is 5.13. The Balaban J connectivity index is 2.31. The lowest BCUT2D eigenvalue weighted by molar-refractivity contribution is 0.281. The molecule has 0 amide bonds. The van der Waals surface area contributed by atoms with Gasteiger partial charge in [0, 0.05) is 12.5 Å². The van der Waals surface area contributed by atoms with Crippen LogP contribution in [0.25, 0.3) is 0 Å². The molecule has 7 heavy (non-hydrogen) atoms. The van der Waals surface area contributed by atoms with Crippen molar-refractivity contribution in [2.75, 3.05) is 6.61 Å². The molecule has 1 saturated carbocycles. The Morgan fingerprint density at radius 3 is 2.86 bits per heavy atom. The average molecular weight is 93.9 g/mol. The van der Waals surface area contributed by atoms with Crippen molar-refractivity contribution in [2.45, 2.75) is 6.42 Å². The van der Waals surface area contributed by atoms with Crippen LogP contribution in [0.1, 0.15) is 6.42 Å². The maximum Gasteiger partial charge on any atom is 0.102 e. The van der Waals surface area contributed by atoms with Crippen molar-refractivity contribution >= 4 is 7.85 Å². The number of aliphatic hydroxyl groups is 1. The van der Waals surface area contributed by atoms with Gasteiger partial charge in [-0.05, 0) is 6.42 Å². The third-order valence-corrected chi connectivity index (χ3v) is 1.28. The van der Waals surface area contributed by atoms with Crippen LogP contribution in [0.4, 0.5) is 0 Å². The third-order valence-electron chi connectivity index (χ3n) is 1.28. The predicted octanol–water partition coefficient (Wildman–Crippen LogP) is 0.0510. The summed E-state index contributed by atoms with van der Waals surface area (Å²) >= 11 is 0. The number of rotatable bonds is 1. The van der Waals surface area contributed by atoms with Gasteiger partial charge in [-0.2, -0.15) is 0 Å². The average Bonchev–Trinajstić information content (AvgIpc) is 2.43. The maximum atomic E-state index is 8.41. The van der Waals surface area contributed by atoms with E-state index in [1.165, 1.54) is 5.57 Å². The van der Waals surface area contributed by atoms with E-state index in [0.29, 0.717) is 5.92 Å². The van der Waals surface area contributed by atoms with Crippen LogP contribution in [-0.2, 0) is 0 Å². The Kier molecular flexibility index (Phi) is 1.20. The van der Waals surface area contributed by atoms with Gasteiger partial charge in [-0.25, -0.2) is 0 Å². The van der Waals surface area contributed by atoms with Gasteiger partial charge in [0.05, 0.1) is 0 Å². The van der Waals surface area contributed by atoms with E-state index in [-0.39, 0.29) is 6.61 Å². The van der Waals surface area contributed by atoms with Crippen LogP contribution in [0.3, 0.4) is 0 Å². The molecule has 0 saturated heterocycles. The fourth-order valence-corrected chi connectivity index (χ4v) is 0.612. The first kappa shape index (κ1) is 4.91. The van der Waals surface area contributed by atoms with E-state index in [1.54, 1.807) is 5.98 Å². The van der Waals surface area contributed by atoms with Gasteiger partial charge < -0.3 is 5.11 Å². The molecule has 1 N–H and O–H groups in total. The third kappa shape index (κ3) is 0.857. The minimum absolute atomic E-state index is 0.267. The first-order valence-corrected chi connectivity index (χ1v) is 2.40. The van der Waals surface area contributed by atoms with E-state index in [0.717, 1.165) is 6.42 Å². The Morgan fingerprint density at radius 1 is 2.00 bits per heavy atom. The van der Waals surface area contributed by atoms with E-state index < -0.39 is 0 Å². The van der Waals surface area contributed by atoms with E-state index >= 15 is 0 Å². The molecule has 0 aliphatic heterocycles. The summed E-state index contributed by atoms with van der Waals surface area (Å²) in [6.45, 7) is 0.267. The summed E-state index contributed by atoms with van der Waals surface area (Å²) in [4.78, 5) is 0. The monoisotopic (exact) mass is 94.1 g/mol. The molecule has 1 rings (SSSR count). The van der Waals surface area contributed by atoms with E-state index in [4.69, 9.17) is 13.0 Å². The zero-order chi connectivity index (χ0) is 5.28. The van der Waals surface area contributed by atoms with Gasteiger partial charge >= 0.3 is 0 Å². The molecule has 0 bridgehead atoms. The fourth-order valence-electron chi connectivity index (χ4n) is 0.612. The molecule has 1 aliphatic carbocycles. The number of hydrogen-bond acceptors (Lipinski definition) is 1. The highest BCUT2D eigenvalue weighted by atomic mass is 16.3. The molecule has 0 aromatic heterocycles. The molecule has 1 nitrogen and oxygen atoms in total. The lowest BCUT2D eigenvalue weighted by Gasteiger charge is -1.76. The van der Waals surface area contributed by atoms with Crippen molar-refractivity contribution in [2.24, 2.45) is 5.92 Å². The van der Waals surface area contributed by atoms with Gasteiger partial charge in [0.2, 0.25) is 0 Å². The molecule has 2 heteroatoms. The molecule has 1 unspecified atom stereocenters. The quantitative estimate of drug-likeness (QED) is 0.455. The second kappa shape index (κ2) is 1.70. The van der Waals surface area contributed by atoms with Crippen LogP contribution in [0.15, 0.2) is 11.5 Å². The van der Waals surface area contributed by atoms with E-state index in [1.807, 2.05) is 0 Å². The van der Waals surface area contributed by atoms with Crippen molar-refractivity contribution in [1.82, 2.24) is 0 Å². The molecular weight excluding hydrogens is 86.9 g/mol. The molecule has 0 aromatic carbocycles. The van der Waals surface area contributed by atoms with Crippen LogP contribution in [0.2, 0.25) is 0 Å². The van der Waals surface area contributed by atoms with Crippen LogP contribution in [-0.4, -0.2) is 19.6 Å². The Bertz CT molecular complexity index is 98.3. The van der Waals surface area contributed by atoms with Crippen molar-refractivity contribution < 1.29 is 5.11 Å². The minimum Gasteiger partial charge on any atom is -0.396 e. The standard InChI is InChI=1S/C5H7BO/c6-2-4-1-5(4)3-7/h2,5,7H,1,3H2/b4-2-. The van der Waals surface area contributed by atoms with E-state index in [9.17, 15) is 0 Å². The smallest absolute Gasteiger partial charge is 0.102 e. The molecule has 0 aromatic rings. The maximum absolute atomic E-state index is 8.41. The molecule has 0 spiro atoms. The fraction of sp³-hybridized carbons (Fsp3) is 0.600. The first-order chi connectivity index (χ1) is 3.38. The van der Waals surface area contributed by atoms with Crippen molar-refractivity contribution in [3.05, 3.63) is 11.5 Å². The summed E-state index contributed by atoms with van der Waals surface area (Å²) in [5, 5.41) is 8.41. The van der Waals surface area contributed by atoms with Crippen molar-refractivity contribution in [3.8, 4) is 0 Å². The minimum atomic E-state index is 0.267. The summed E-state index contributed by atoms with van der Waals surface area (Å²) in [5.74, 6) is 1.99. The Hall–Kier alpha value is -0.235.